The summed E-state index contributed by atoms with van der Waals surface area (Å²) in [4.78, 5) is 18.0. The lowest BCUT2D eigenvalue weighted by atomic mass is 10.1. The molecule has 0 spiro atoms. The van der Waals surface area contributed by atoms with Gasteiger partial charge in [-0.15, -0.1) is 0 Å². The van der Waals surface area contributed by atoms with Gasteiger partial charge in [0, 0.05) is 24.5 Å². The van der Waals surface area contributed by atoms with E-state index < -0.39 is 5.82 Å². The minimum absolute atomic E-state index is 0.103. The number of halogens is 2. The molecule has 0 bridgehead atoms. The van der Waals surface area contributed by atoms with Crippen molar-refractivity contribution in [2.45, 2.75) is 25.9 Å². The third kappa shape index (κ3) is 4.20. The molecule has 2 atom stereocenters. The molecule has 0 aliphatic rings. The van der Waals surface area contributed by atoms with E-state index in [0.717, 1.165) is 5.56 Å². The minimum atomic E-state index is -0.402. The largest absolute Gasteiger partial charge is 0.331 e. The molecule has 0 fully saturated rings. The number of urea groups is 1. The number of rotatable bonds is 4. The average Bonchev–Trinajstić information content (AvgIpc) is 2.54. The molecule has 0 saturated carbocycles. The fourth-order valence-electron chi connectivity index (χ4n) is 2.26. The Morgan fingerprint density at radius 2 is 1.91 bits per heavy atom. The lowest BCUT2D eigenvalue weighted by molar-refractivity contribution is 0.191. The standard InChI is InChI=1S/C17H19ClFN3O/c1-11(15-5-4-14(19)10-16(15)18)21-17(23)22(3)12(2)13-6-8-20-9-7-13/h4-12H,1-3H3,(H,21,23)/t11-,12+/m0/s1. The summed E-state index contributed by atoms with van der Waals surface area (Å²) in [6, 6.07) is 7.22. The first-order valence-corrected chi connectivity index (χ1v) is 7.66. The highest BCUT2D eigenvalue weighted by molar-refractivity contribution is 6.31. The van der Waals surface area contributed by atoms with Gasteiger partial charge in [-0.2, -0.15) is 0 Å². The number of carbonyl (C=O) groups is 1. The van der Waals surface area contributed by atoms with Crippen molar-refractivity contribution in [1.29, 1.82) is 0 Å². The van der Waals surface area contributed by atoms with E-state index in [-0.39, 0.29) is 18.1 Å². The summed E-state index contributed by atoms with van der Waals surface area (Å²) in [6.07, 6.45) is 3.39. The van der Waals surface area contributed by atoms with Gasteiger partial charge < -0.3 is 10.2 Å². The molecule has 0 radical (unpaired) electrons. The average molecular weight is 336 g/mol. The van der Waals surface area contributed by atoms with Crippen LogP contribution in [0.25, 0.3) is 0 Å². The number of carbonyl (C=O) groups excluding carboxylic acids is 1. The molecule has 6 heteroatoms. The van der Waals surface area contributed by atoms with Crippen molar-refractivity contribution in [3.8, 4) is 0 Å². The Morgan fingerprint density at radius 1 is 1.26 bits per heavy atom. The van der Waals surface area contributed by atoms with Gasteiger partial charge in [0.2, 0.25) is 0 Å². The maximum atomic E-state index is 13.1. The lowest BCUT2D eigenvalue weighted by Gasteiger charge is -2.27. The zero-order valence-corrected chi connectivity index (χ0v) is 14.0. The second kappa shape index (κ2) is 7.42. The number of aromatic nitrogens is 1. The van der Waals surface area contributed by atoms with Crippen molar-refractivity contribution in [1.82, 2.24) is 15.2 Å². The smallest absolute Gasteiger partial charge is 0.318 e. The van der Waals surface area contributed by atoms with E-state index in [1.165, 1.54) is 12.1 Å². The maximum absolute atomic E-state index is 13.1. The van der Waals surface area contributed by atoms with Crippen LogP contribution in [0.5, 0.6) is 0 Å². The summed E-state index contributed by atoms with van der Waals surface area (Å²) in [6.45, 7) is 3.74. The van der Waals surface area contributed by atoms with Gasteiger partial charge in [-0.05, 0) is 49.2 Å². The summed E-state index contributed by atoms with van der Waals surface area (Å²) in [5.41, 5.74) is 1.66. The Bertz CT molecular complexity index is 681. The molecule has 0 aliphatic heterocycles. The van der Waals surface area contributed by atoms with Crippen LogP contribution in [0.4, 0.5) is 9.18 Å². The topological polar surface area (TPSA) is 45.2 Å². The van der Waals surface area contributed by atoms with Crippen molar-refractivity contribution in [2.75, 3.05) is 7.05 Å². The molecule has 0 saturated heterocycles. The summed E-state index contributed by atoms with van der Waals surface area (Å²) in [5, 5.41) is 3.17. The van der Waals surface area contributed by atoms with Crippen LogP contribution in [0.1, 0.15) is 37.1 Å². The van der Waals surface area contributed by atoms with E-state index in [0.29, 0.717) is 10.6 Å². The quantitative estimate of drug-likeness (QED) is 0.903. The Kier molecular flexibility index (Phi) is 5.55. The van der Waals surface area contributed by atoms with Crippen LogP contribution in [-0.4, -0.2) is 23.0 Å². The van der Waals surface area contributed by atoms with E-state index in [4.69, 9.17) is 11.6 Å². The van der Waals surface area contributed by atoms with E-state index in [1.807, 2.05) is 26.0 Å². The predicted octanol–water partition coefficient (Wildman–Crippen LogP) is 4.34. The predicted molar refractivity (Wildman–Crippen MR) is 88.8 cm³/mol. The van der Waals surface area contributed by atoms with Crippen molar-refractivity contribution in [3.63, 3.8) is 0 Å². The van der Waals surface area contributed by atoms with E-state index >= 15 is 0 Å². The third-order valence-electron chi connectivity index (χ3n) is 3.86. The summed E-state index contributed by atoms with van der Waals surface area (Å²) in [5.74, 6) is -0.402. The van der Waals surface area contributed by atoms with Gasteiger partial charge in [0.25, 0.3) is 0 Å². The van der Waals surface area contributed by atoms with Crippen molar-refractivity contribution in [3.05, 3.63) is 64.7 Å². The Balaban J connectivity index is 2.05. The summed E-state index contributed by atoms with van der Waals surface area (Å²) < 4.78 is 13.1. The van der Waals surface area contributed by atoms with Gasteiger partial charge >= 0.3 is 6.03 Å². The number of benzene rings is 1. The van der Waals surface area contributed by atoms with Crippen LogP contribution < -0.4 is 5.32 Å². The SMILES string of the molecule is C[C@H](NC(=O)N(C)[C@H](C)c1ccncc1)c1ccc(F)cc1Cl. The van der Waals surface area contributed by atoms with Crippen molar-refractivity contribution in [2.24, 2.45) is 0 Å². The summed E-state index contributed by atoms with van der Waals surface area (Å²) in [7, 11) is 1.72. The van der Waals surface area contributed by atoms with Crippen LogP contribution in [0, 0.1) is 5.82 Å². The minimum Gasteiger partial charge on any atom is -0.331 e. The molecule has 2 aromatic rings. The number of nitrogens with zero attached hydrogens (tertiary/aromatic N) is 2. The second-order valence-corrected chi connectivity index (χ2v) is 5.81. The van der Waals surface area contributed by atoms with Gasteiger partial charge in [0.1, 0.15) is 5.82 Å². The highest BCUT2D eigenvalue weighted by Gasteiger charge is 2.20. The monoisotopic (exact) mass is 335 g/mol. The molecule has 1 aromatic carbocycles. The Morgan fingerprint density at radius 3 is 2.52 bits per heavy atom. The van der Waals surface area contributed by atoms with Crippen molar-refractivity contribution < 1.29 is 9.18 Å². The fraction of sp³-hybridized carbons (Fsp3) is 0.294. The molecule has 0 unspecified atom stereocenters. The molecule has 1 N–H and O–H groups in total. The van der Waals surface area contributed by atoms with Gasteiger partial charge in [-0.1, -0.05) is 17.7 Å². The molecule has 0 aliphatic carbocycles. The van der Waals surface area contributed by atoms with Crippen LogP contribution in [0.2, 0.25) is 5.02 Å². The molecule has 4 nitrogen and oxygen atoms in total. The molecule has 23 heavy (non-hydrogen) atoms. The third-order valence-corrected chi connectivity index (χ3v) is 4.19. The van der Waals surface area contributed by atoms with E-state index in [1.54, 1.807) is 30.4 Å². The fourth-order valence-corrected chi connectivity index (χ4v) is 2.59. The van der Waals surface area contributed by atoms with E-state index in [9.17, 15) is 9.18 Å². The second-order valence-electron chi connectivity index (χ2n) is 5.40. The van der Waals surface area contributed by atoms with Gasteiger partial charge in [0.15, 0.2) is 0 Å². The molecule has 2 amide bonds. The molecular formula is C17H19ClFN3O. The van der Waals surface area contributed by atoms with Gasteiger partial charge in [-0.25, -0.2) is 9.18 Å². The Hall–Kier alpha value is -2.14. The molecular weight excluding hydrogens is 317 g/mol. The molecule has 1 heterocycles. The first kappa shape index (κ1) is 17.2. The molecule has 2 rings (SSSR count). The Labute approximate surface area is 140 Å². The number of hydrogen-bond donors (Lipinski definition) is 1. The van der Waals surface area contributed by atoms with Gasteiger partial charge in [-0.3, -0.25) is 4.98 Å². The lowest BCUT2D eigenvalue weighted by Crippen LogP contribution is -2.40. The number of nitrogens with one attached hydrogen (secondary N) is 1. The molecule has 122 valence electrons. The van der Waals surface area contributed by atoms with Crippen LogP contribution >= 0.6 is 11.6 Å². The van der Waals surface area contributed by atoms with Crippen LogP contribution in [0.3, 0.4) is 0 Å². The first-order chi connectivity index (χ1) is 10.9. The molecule has 1 aromatic heterocycles. The number of pyridine rings is 1. The normalized spacial score (nSPS) is 13.3. The van der Waals surface area contributed by atoms with Crippen LogP contribution in [-0.2, 0) is 0 Å². The van der Waals surface area contributed by atoms with E-state index in [2.05, 4.69) is 10.3 Å². The highest BCUT2D eigenvalue weighted by Crippen LogP contribution is 2.24. The summed E-state index contributed by atoms with van der Waals surface area (Å²) >= 11 is 6.03. The highest BCUT2D eigenvalue weighted by atomic mass is 35.5. The number of hydrogen-bond acceptors (Lipinski definition) is 2. The number of amides is 2. The van der Waals surface area contributed by atoms with Gasteiger partial charge in [0.05, 0.1) is 12.1 Å². The first-order valence-electron chi connectivity index (χ1n) is 7.28. The van der Waals surface area contributed by atoms with Crippen molar-refractivity contribution >= 4 is 17.6 Å². The maximum Gasteiger partial charge on any atom is 0.318 e. The zero-order chi connectivity index (χ0) is 17.0. The zero-order valence-electron chi connectivity index (χ0n) is 13.3. The van der Waals surface area contributed by atoms with Crippen LogP contribution in [0.15, 0.2) is 42.7 Å².